The van der Waals surface area contributed by atoms with E-state index in [0.717, 1.165) is 26.1 Å². The standard InChI is InChI=1S/C24H23Cl2FN6OS/c1-35-33-5-4-24(33)12-32(13-24)23-20(27)6-14(8-31-23)22(29)16-7-15(2-3-21(16)28)34-11-17-18(25)9-30-10-19(17)26/h2-3,6-10,29H,4-5,11-13,28H2,1H3. The molecule has 182 valence electrons. The number of benzene rings is 1. The number of aromatic nitrogens is 2. The number of ether oxygens (including phenoxy) is 1. The Morgan fingerprint density at radius 2 is 1.97 bits per heavy atom. The molecule has 0 saturated carbocycles. The quantitative estimate of drug-likeness (QED) is 0.250. The molecule has 35 heavy (non-hydrogen) atoms. The van der Waals surface area contributed by atoms with E-state index in [2.05, 4.69) is 20.5 Å². The Balaban J connectivity index is 1.30. The molecule has 3 aromatic rings. The van der Waals surface area contributed by atoms with Crippen LogP contribution < -0.4 is 15.4 Å². The molecule has 2 aromatic heterocycles. The van der Waals surface area contributed by atoms with Gasteiger partial charge in [0.25, 0.3) is 0 Å². The molecule has 4 heterocycles. The molecule has 1 spiro atoms. The molecule has 5 rings (SSSR count). The molecule has 11 heteroatoms. The minimum atomic E-state index is -0.454. The lowest BCUT2D eigenvalue weighted by Gasteiger charge is -2.61. The van der Waals surface area contributed by atoms with Crippen molar-refractivity contribution in [2.45, 2.75) is 18.6 Å². The van der Waals surface area contributed by atoms with Gasteiger partial charge in [-0.2, -0.15) is 0 Å². The second-order valence-corrected chi connectivity index (χ2v) is 10.3. The Kier molecular flexibility index (Phi) is 6.52. The van der Waals surface area contributed by atoms with E-state index in [1.54, 1.807) is 30.1 Å². The largest absolute Gasteiger partial charge is 0.489 e. The highest BCUT2D eigenvalue weighted by Crippen LogP contribution is 2.44. The van der Waals surface area contributed by atoms with Gasteiger partial charge in [0.1, 0.15) is 12.4 Å². The van der Waals surface area contributed by atoms with E-state index in [4.69, 9.17) is 39.1 Å². The molecular formula is C24H23Cl2FN6OS. The molecule has 3 N–H and O–H groups in total. The van der Waals surface area contributed by atoms with Crippen molar-refractivity contribution < 1.29 is 9.13 Å². The van der Waals surface area contributed by atoms with Gasteiger partial charge in [-0.05, 0) is 36.9 Å². The lowest BCUT2D eigenvalue weighted by molar-refractivity contribution is 0.0522. The van der Waals surface area contributed by atoms with Gasteiger partial charge >= 0.3 is 0 Å². The van der Waals surface area contributed by atoms with Crippen LogP contribution in [0.25, 0.3) is 0 Å². The summed E-state index contributed by atoms with van der Waals surface area (Å²) in [6.07, 6.45) is 7.69. The highest BCUT2D eigenvalue weighted by atomic mass is 35.5. The number of hydrogen-bond acceptors (Lipinski definition) is 8. The summed E-state index contributed by atoms with van der Waals surface area (Å²) in [6, 6.07) is 6.31. The number of nitrogens with one attached hydrogen (secondary N) is 1. The summed E-state index contributed by atoms with van der Waals surface area (Å²) < 4.78 is 23.2. The monoisotopic (exact) mass is 532 g/mol. The number of rotatable bonds is 7. The minimum absolute atomic E-state index is 0.0542. The Hall–Kier alpha value is -2.59. The van der Waals surface area contributed by atoms with Crippen molar-refractivity contribution in [2.75, 3.05) is 36.5 Å². The number of pyridine rings is 2. The van der Waals surface area contributed by atoms with Crippen LogP contribution in [0.15, 0.2) is 42.9 Å². The van der Waals surface area contributed by atoms with Crippen molar-refractivity contribution in [3.63, 3.8) is 0 Å². The van der Waals surface area contributed by atoms with Gasteiger partial charge in [0, 0.05) is 60.6 Å². The van der Waals surface area contributed by atoms with Crippen molar-refractivity contribution in [1.82, 2.24) is 14.3 Å². The first kappa shape index (κ1) is 24.1. The lowest BCUT2D eigenvalue weighted by atomic mass is 9.80. The highest BCUT2D eigenvalue weighted by Gasteiger charge is 2.54. The molecule has 0 amide bonds. The van der Waals surface area contributed by atoms with Gasteiger partial charge in [-0.1, -0.05) is 35.1 Å². The third-order valence-electron chi connectivity index (χ3n) is 6.54. The second-order valence-electron chi connectivity index (χ2n) is 8.64. The summed E-state index contributed by atoms with van der Waals surface area (Å²) in [6.45, 7) is 2.69. The molecule has 0 unspecified atom stereocenters. The maximum atomic E-state index is 15.0. The smallest absolute Gasteiger partial charge is 0.166 e. The van der Waals surface area contributed by atoms with Crippen molar-refractivity contribution in [1.29, 1.82) is 5.41 Å². The molecule has 0 radical (unpaired) electrons. The minimum Gasteiger partial charge on any atom is -0.489 e. The van der Waals surface area contributed by atoms with E-state index in [0.29, 0.717) is 44.0 Å². The summed E-state index contributed by atoms with van der Waals surface area (Å²) >= 11 is 14.0. The van der Waals surface area contributed by atoms with Crippen LogP contribution in [0, 0.1) is 11.2 Å². The zero-order valence-electron chi connectivity index (χ0n) is 18.9. The van der Waals surface area contributed by atoms with Gasteiger partial charge in [-0.3, -0.25) is 10.4 Å². The number of anilines is 2. The third kappa shape index (κ3) is 4.42. The van der Waals surface area contributed by atoms with E-state index < -0.39 is 5.82 Å². The molecule has 7 nitrogen and oxygen atoms in total. The van der Waals surface area contributed by atoms with E-state index in [-0.39, 0.29) is 17.9 Å². The van der Waals surface area contributed by atoms with Gasteiger partial charge in [-0.25, -0.2) is 13.7 Å². The van der Waals surface area contributed by atoms with Crippen molar-refractivity contribution in [3.8, 4) is 5.75 Å². The van der Waals surface area contributed by atoms with Crippen molar-refractivity contribution in [2.24, 2.45) is 0 Å². The first-order valence-electron chi connectivity index (χ1n) is 10.9. The van der Waals surface area contributed by atoms with Crippen LogP contribution in [0.3, 0.4) is 0 Å². The van der Waals surface area contributed by atoms with Crippen LogP contribution in [-0.4, -0.2) is 51.4 Å². The Morgan fingerprint density at radius 3 is 2.60 bits per heavy atom. The molecule has 2 aliphatic heterocycles. The maximum absolute atomic E-state index is 15.0. The zero-order valence-corrected chi connectivity index (χ0v) is 21.2. The van der Waals surface area contributed by atoms with Crippen LogP contribution in [0.1, 0.15) is 23.1 Å². The number of nitrogens with zero attached hydrogens (tertiary/aromatic N) is 4. The van der Waals surface area contributed by atoms with E-state index in [1.165, 1.54) is 24.7 Å². The van der Waals surface area contributed by atoms with Crippen LogP contribution in [0.2, 0.25) is 10.0 Å². The Morgan fingerprint density at radius 1 is 1.23 bits per heavy atom. The van der Waals surface area contributed by atoms with Gasteiger partial charge in [0.15, 0.2) is 11.6 Å². The average molecular weight is 533 g/mol. The van der Waals surface area contributed by atoms with Crippen molar-refractivity contribution >= 4 is 52.4 Å². The Labute approximate surface area is 217 Å². The fraction of sp³-hybridized carbons (Fsp3) is 0.292. The van der Waals surface area contributed by atoms with Crippen LogP contribution in [0.4, 0.5) is 15.9 Å². The molecule has 0 aliphatic carbocycles. The molecule has 0 bridgehead atoms. The van der Waals surface area contributed by atoms with Gasteiger partial charge in [0.2, 0.25) is 0 Å². The van der Waals surface area contributed by atoms with E-state index >= 15 is 4.39 Å². The van der Waals surface area contributed by atoms with Gasteiger partial charge in [0.05, 0.1) is 21.3 Å². The molecule has 2 saturated heterocycles. The summed E-state index contributed by atoms with van der Waals surface area (Å²) in [4.78, 5) is 10.2. The van der Waals surface area contributed by atoms with Gasteiger partial charge < -0.3 is 15.4 Å². The lowest BCUT2D eigenvalue weighted by Crippen LogP contribution is -2.75. The molecule has 2 fully saturated rings. The van der Waals surface area contributed by atoms with E-state index in [1.807, 2.05) is 4.90 Å². The number of hydrogen-bond donors (Lipinski definition) is 2. The average Bonchev–Trinajstić information content (AvgIpc) is 2.79. The first-order chi connectivity index (χ1) is 16.8. The van der Waals surface area contributed by atoms with E-state index in [9.17, 15) is 0 Å². The summed E-state index contributed by atoms with van der Waals surface area (Å²) in [5.74, 6) is 0.332. The maximum Gasteiger partial charge on any atom is 0.166 e. The third-order valence-corrected chi connectivity index (χ3v) is 8.20. The number of halogens is 3. The predicted octanol–water partition coefficient (Wildman–Crippen LogP) is 5.04. The van der Waals surface area contributed by atoms with Gasteiger partial charge in [-0.15, -0.1) is 0 Å². The SMILES string of the molecule is CSN1CCC12CN(c1ncc(C(=N)c3cc(OCc4c(Cl)cncc4Cl)ccc3N)cc1F)C2. The molecular weight excluding hydrogens is 510 g/mol. The first-order valence-corrected chi connectivity index (χ1v) is 12.9. The summed E-state index contributed by atoms with van der Waals surface area (Å²) in [7, 11) is 0. The Bertz CT molecular complexity index is 1280. The molecule has 0 atom stereocenters. The fourth-order valence-corrected chi connectivity index (χ4v) is 5.80. The number of nitrogens with two attached hydrogens (primary N) is 1. The highest BCUT2D eigenvalue weighted by molar-refractivity contribution is 7.96. The molecule has 1 aromatic carbocycles. The topological polar surface area (TPSA) is 91.4 Å². The van der Waals surface area contributed by atoms with Crippen LogP contribution in [0.5, 0.6) is 5.75 Å². The molecule has 2 aliphatic rings. The zero-order chi connectivity index (χ0) is 24.7. The summed E-state index contributed by atoms with van der Waals surface area (Å²) in [5.41, 5.74) is 8.05. The summed E-state index contributed by atoms with van der Waals surface area (Å²) in [5, 5.41) is 9.44. The second kappa shape index (κ2) is 9.46. The van der Waals surface area contributed by atoms with Crippen LogP contribution in [-0.2, 0) is 6.61 Å². The van der Waals surface area contributed by atoms with Crippen molar-refractivity contribution in [3.05, 3.63) is 75.4 Å². The fourth-order valence-electron chi connectivity index (χ4n) is 4.46. The number of nitrogen functional groups attached to an aromatic ring is 1. The normalized spacial score (nSPS) is 16.6. The predicted molar refractivity (Wildman–Crippen MR) is 139 cm³/mol. The van der Waals surface area contributed by atoms with Crippen LogP contribution >= 0.6 is 35.1 Å².